The molecule has 2 aromatic heterocycles. The summed E-state index contributed by atoms with van der Waals surface area (Å²) in [6.07, 6.45) is 7.44. The highest BCUT2D eigenvalue weighted by Crippen LogP contribution is 2.35. The first-order chi connectivity index (χ1) is 24.4. The van der Waals surface area contributed by atoms with Crippen LogP contribution in [0, 0.1) is 6.92 Å². The summed E-state index contributed by atoms with van der Waals surface area (Å²) in [5.74, 6) is -2.27. The Bertz CT molecular complexity index is 1890. The van der Waals surface area contributed by atoms with Gasteiger partial charge in [0.15, 0.2) is 0 Å². The third-order valence-corrected chi connectivity index (χ3v) is 10.8. The third kappa shape index (κ3) is 7.44. The number of nitrogens with zero attached hydrogens (tertiary/aromatic N) is 3. The Morgan fingerprint density at radius 3 is 2.38 bits per heavy atom. The standard InChI is InChI=1S/C40H43N5O4S/c1-28-27-50-38(42-28)34-16-11-21-45(34)39(47)32-23-31(24-33(25-32)44-19-8-9-20-44)37(46)43-36(22-29-12-4-2-5-13-29)40(48,35-17-10-18-41-35)49-26-30-14-6-3-7-15-30/h2-9,12-15,19-20,23-25,27,34-36,41,48H,10-11,16-18,21-22,26H2,1H3,(H,43,46)/t34-,35?,36?,40?/m1/s1. The lowest BCUT2D eigenvalue weighted by Crippen LogP contribution is -2.63. The number of aromatic nitrogens is 2. The van der Waals surface area contributed by atoms with Gasteiger partial charge in [0.2, 0.25) is 5.79 Å². The van der Waals surface area contributed by atoms with Crippen molar-refractivity contribution >= 4 is 23.2 Å². The maximum Gasteiger partial charge on any atom is 0.254 e. The van der Waals surface area contributed by atoms with Crippen molar-refractivity contribution in [1.82, 2.24) is 25.1 Å². The second kappa shape index (κ2) is 15.1. The molecule has 0 bridgehead atoms. The van der Waals surface area contributed by atoms with Crippen molar-refractivity contribution in [3.05, 3.63) is 142 Å². The molecule has 7 rings (SSSR count). The number of nitrogens with one attached hydrogen (secondary N) is 2. The monoisotopic (exact) mass is 689 g/mol. The molecular formula is C40H43N5O4S. The third-order valence-electron chi connectivity index (χ3n) is 9.72. The highest BCUT2D eigenvalue weighted by Gasteiger charge is 2.47. The first kappa shape index (κ1) is 33.9. The molecule has 9 nitrogen and oxygen atoms in total. The van der Waals surface area contributed by atoms with E-state index in [1.807, 2.05) is 113 Å². The molecule has 50 heavy (non-hydrogen) atoms. The van der Waals surface area contributed by atoms with Gasteiger partial charge in [-0.15, -0.1) is 11.3 Å². The van der Waals surface area contributed by atoms with Crippen LogP contribution < -0.4 is 10.6 Å². The average Bonchev–Trinajstić information content (AvgIpc) is 3.99. The van der Waals surface area contributed by atoms with Crippen molar-refractivity contribution in [3.63, 3.8) is 0 Å². The molecule has 0 aliphatic carbocycles. The molecule has 258 valence electrons. The van der Waals surface area contributed by atoms with Crippen LogP contribution in [-0.4, -0.2) is 62.3 Å². The van der Waals surface area contributed by atoms with Gasteiger partial charge in [-0.3, -0.25) is 9.59 Å². The quantitative estimate of drug-likeness (QED) is 0.134. The number of aryl methyl sites for hydroxylation is 1. The first-order valence-electron chi connectivity index (χ1n) is 17.4. The molecule has 3 aromatic carbocycles. The molecule has 10 heteroatoms. The molecule has 0 radical (unpaired) electrons. The predicted octanol–water partition coefficient (Wildman–Crippen LogP) is 6.22. The van der Waals surface area contributed by atoms with Crippen molar-refractivity contribution in [1.29, 1.82) is 0 Å². The van der Waals surface area contributed by atoms with E-state index < -0.39 is 23.8 Å². The number of likely N-dealkylation sites (tertiary alicyclic amines) is 1. The summed E-state index contributed by atoms with van der Waals surface area (Å²) in [6.45, 7) is 3.51. The van der Waals surface area contributed by atoms with Crippen LogP contribution >= 0.6 is 11.3 Å². The number of benzene rings is 3. The molecule has 3 N–H and O–H groups in total. The maximum absolute atomic E-state index is 14.4. The van der Waals surface area contributed by atoms with Crippen LogP contribution in [0.3, 0.4) is 0 Å². The van der Waals surface area contributed by atoms with Gasteiger partial charge in [-0.25, -0.2) is 4.98 Å². The molecule has 0 spiro atoms. The topological polar surface area (TPSA) is 109 Å². The molecule has 2 aliphatic rings. The SMILES string of the molecule is Cc1csc([C@H]2CCCN2C(=O)c2cc(C(=O)NC(Cc3ccccc3)C(O)(OCc3ccccc3)C3CCCN3)cc(-n3cccc3)c2)n1. The molecule has 4 heterocycles. The number of hydrogen-bond donors (Lipinski definition) is 3. The number of thiazole rings is 1. The normalized spacial score (nSPS) is 19.3. The van der Waals surface area contributed by atoms with E-state index in [0.29, 0.717) is 36.2 Å². The zero-order valence-electron chi connectivity index (χ0n) is 28.2. The summed E-state index contributed by atoms with van der Waals surface area (Å²) in [7, 11) is 0. The van der Waals surface area contributed by atoms with Gasteiger partial charge < -0.3 is 29.9 Å². The lowest BCUT2D eigenvalue weighted by atomic mass is 9.91. The molecule has 0 saturated carbocycles. The molecule has 2 fully saturated rings. The van der Waals surface area contributed by atoms with Gasteiger partial charge in [0.05, 0.1) is 24.7 Å². The van der Waals surface area contributed by atoms with E-state index in [4.69, 9.17) is 9.72 Å². The van der Waals surface area contributed by atoms with E-state index in [9.17, 15) is 14.7 Å². The van der Waals surface area contributed by atoms with Crippen molar-refractivity contribution in [2.24, 2.45) is 0 Å². The van der Waals surface area contributed by atoms with Gasteiger partial charge in [-0.2, -0.15) is 0 Å². The van der Waals surface area contributed by atoms with Crippen molar-refractivity contribution in [2.45, 2.75) is 69.5 Å². The number of hydrogen-bond acceptors (Lipinski definition) is 7. The Hall–Kier alpha value is -4.61. The van der Waals surface area contributed by atoms with Crippen LogP contribution in [0.25, 0.3) is 5.69 Å². The zero-order chi connectivity index (χ0) is 34.5. The Morgan fingerprint density at radius 1 is 0.980 bits per heavy atom. The number of carbonyl (C=O) groups is 2. The Kier molecular flexibility index (Phi) is 10.2. The van der Waals surface area contributed by atoms with Gasteiger partial charge in [-0.1, -0.05) is 60.7 Å². The number of carbonyl (C=O) groups excluding carboxylic acids is 2. The highest BCUT2D eigenvalue weighted by molar-refractivity contribution is 7.09. The summed E-state index contributed by atoms with van der Waals surface area (Å²) < 4.78 is 8.34. The van der Waals surface area contributed by atoms with E-state index in [2.05, 4.69) is 10.6 Å². The summed E-state index contributed by atoms with van der Waals surface area (Å²) in [6, 6.07) is 27.3. The Balaban J connectivity index is 1.23. The molecule has 5 aromatic rings. The maximum atomic E-state index is 14.4. The lowest BCUT2D eigenvalue weighted by Gasteiger charge is -2.41. The van der Waals surface area contributed by atoms with Gasteiger partial charge in [0.25, 0.3) is 11.8 Å². The van der Waals surface area contributed by atoms with E-state index in [1.54, 1.807) is 23.5 Å². The Morgan fingerprint density at radius 2 is 1.70 bits per heavy atom. The number of rotatable bonds is 12. The molecule has 2 saturated heterocycles. The lowest BCUT2D eigenvalue weighted by molar-refractivity contribution is -0.243. The molecular weight excluding hydrogens is 647 g/mol. The minimum Gasteiger partial charge on any atom is -0.363 e. The second-order valence-electron chi connectivity index (χ2n) is 13.2. The molecule has 2 amide bonds. The van der Waals surface area contributed by atoms with Crippen LogP contribution in [0.15, 0.2) is 109 Å². The number of aliphatic hydroxyl groups is 1. The van der Waals surface area contributed by atoms with Gasteiger partial charge in [0.1, 0.15) is 5.01 Å². The minimum atomic E-state index is -1.73. The van der Waals surface area contributed by atoms with Gasteiger partial charge in [0, 0.05) is 46.8 Å². The van der Waals surface area contributed by atoms with E-state index in [1.165, 1.54) is 0 Å². The van der Waals surface area contributed by atoms with Gasteiger partial charge >= 0.3 is 0 Å². The largest absolute Gasteiger partial charge is 0.363 e. The second-order valence-corrected chi connectivity index (χ2v) is 14.1. The molecule has 3 unspecified atom stereocenters. The predicted molar refractivity (Wildman–Crippen MR) is 194 cm³/mol. The zero-order valence-corrected chi connectivity index (χ0v) is 29.0. The van der Waals surface area contributed by atoms with Crippen LogP contribution in [-0.2, 0) is 17.8 Å². The van der Waals surface area contributed by atoms with E-state index in [-0.39, 0.29) is 18.6 Å². The minimum absolute atomic E-state index is 0.0976. The van der Waals surface area contributed by atoms with Gasteiger partial charge in [-0.05, 0) is 87.0 Å². The fourth-order valence-corrected chi connectivity index (χ4v) is 8.07. The van der Waals surface area contributed by atoms with E-state index >= 15 is 0 Å². The summed E-state index contributed by atoms with van der Waals surface area (Å²) in [4.78, 5) is 35.3. The summed E-state index contributed by atoms with van der Waals surface area (Å²) in [5, 5.41) is 22.1. The van der Waals surface area contributed by atoms with Crippen LogP contribution in [0.4, 0.5) is 0 Å². The number of ether oxygens (including phenoxy) is 1. The first-order valence-corrected chi connectivity index (χ1v) is 18.3. The van der Waals surface area contributed by atoms with Crippen molar-refractivity contribution < 1.29 is 19.4 Å². The smallest absolute Gasteiger partial charge is 0.254 e. The average molecular weight is 690 g/mol. The highest BCUT2D eigenvalue weighted by atomic mass is 32.1. The van der Waals surface area contributed by atoms with Crippen molar-refractivity contribution in [2.75, 3.05) is 13.1 Å². The Labute approximate surface area is 296 Å². The molecule has 4 atom stereocenters. The number of amides is 2. The summed E-state index contributed by atoms with van der Waals surface area (Å²) >= 11 is 1.58. The van der Waals surface area contributed by atoms with Crippen LogP contribution in [0.2, 0.25) is 0 Å². The van der Waals surface area contributed by atoms with Crippen LogP contribution in [0.5, 0.6) is 0 Å². The van der Waals surface area contributed by atoms with Crippen LogP contribution in [0.1, 0.15) is 74.3 Å². The fraction of sp³-hybridized carbons (Fsp3) is 0.325. The van der Waals surface area contributed by atoms with E-state index in [0.717, 1.165) is 47.6 Å². The summed E-state index contributed by atoms with van der Waals surface area (Å²) in [5.41, 5.74) is 4.26. The molecule has 2 aliphatic heterocycles. The van der Waals surface area contributed by atoms with Crippen molar-refractivity contribution in [3.8, 4) is 5.69 Å². The fourth-order valence-electron chi connectivity index (χ4n) is 7.13.